The van der Waals surface area contributed by atoms with E-state index in [1.54, 1.807) is 7.11 Å². The average molecular weight is 323 g/mol. The average Bonchev–Trinajstić information content (AvgIpc) is 2.66. The maximum absolute atomic E-state index is 11.2. The van der Waals surface area contributed by atoms with Gasteiger partial charge in [0, 0.05) is 12.6 Å². The van der Waals surface area contributed by atoms with E-state index < -0.39 is 6.10 Å². The van der Waals surface area contributed by atoms with E-state index in [-0.39, 0.29) is 6.04 Å². The van der Waals surface area contributed by atoms with Gasteiger partial charge in [-0.25, -0.2) is 0 Å². The molecule has 3 aliphatic rings. The summed E-state index contributed by atoms with van der Waals surface area (Å²) in [6, 6.07) is 12.5. The van der Waals surface area contributed by atoms with Crippen molar-refractivity contribution in [1.82, 2.24) is 4.90 Å². The van der Waals surface area contributed by atoms with Crippen LogP contribution in [0.4, 0.5) is 0 Å². The molecule has 2 aromatic carbocycles. The van der Waals surface area contributed by atoms with Crippen LogP contribution in [0.25, 0.3) is 10.8 Å². The molecule has 0 amide bonds. The molecule has 0 saturated carbocycles. The van der Waals surface area contributed by atoms with Crippen molar-refractivity contribution in [3.05, 3.63) is 54.6 Å². The third kappa shape index (κ3) is 2.52. The summed E-state index contributed by atoms with van der Waals surface area (Å²) in [6.45, 7) is 6.11. The number of ether oxygens (including phenoxy) is 1. The van der Waals surface area contributed by atoms with Crippen LogP contribution in [0.2, 0.25) is 0 Å². The summed E-state index contributed by atoms with van der Waals surface area (Å²) in [6.07, 6.45) is 3.92. The highest BCUT2D eigenvalue weighted by atomic mass is 16.5. The number of rotatable bonds is 4. The molecule has 5 rings (SSSR count). The van der Waals surface area contributed by atoms with Gasteiger partial charge < -0.3 is 9.84 Å². The van der Waals surface area contributed by atoms with Gasteiger partial charge in [-0.2, -0.15) is 0 Å². The molecule has 1 unspecified atom stereocenters. The highest BCUT2D eigenvalue weighted by Crippen LogP contribution is 2.42. The minimum absolute atomic E-state index is 0.205. The molecule has 0 aromatic heterocycles. The van der Waals surface area contributed by atoms with Gasteiger partial charge in [-0.1, -0.05) is 30.3 Å². The lowest BCUT2D eigenvalue weighted by molar-refractivity contribution is -0.0444. The lowest BCUT2D eigenvalue weighted by Crippen LogP contribution is -2.54. The van der Waals surface area contributed by atoms with Crippen LogP contribution in [-0.2, 0) is 0 Å². The Hall–Kier alpha value is -1.84. The number of aliphatic hydroxyl groups is 1. The van der Waals surface area contributed by atoms with Crippen molar-refractivity contribution in [2.24, 2.45) is 11.8 Å². The molecule has 3 heterocycles. The van der Waals surface area contributed by atoms with E-state index in [2.05, 4.69) is 35.8 Å². The Balaban J connectivity index is 1.69. The molecule has 2 bridgehead atoms. The highest BCUT2D eigenvalue weighted by molar-refractivity contribution is 5.87. The Kier molecular flexibility index (Phi) is 4.07. The smallest absolute Gasteiger partial charge is 0.119 e. The molecule has 3 aliphatic heterocycles. The van der Waals surface area contributed by atoms with Crippen molar-refractivity contribution >= 4 is 10.8 Å². The first-order valence-corrected chi connectivity index (χ1v) is 8.82. The van der Waals surface area contributed by atoms with Crippen LogP contribution in [0, 0.1) is 11.8 Å². The van der Waals surface area contributed by atoms with Crippen LogP contribution in [0.15, 0.2) is 49.1 Å². The summed E-state index contributed by atoms with van der Waals surface area (Å²) in [5.41, 5.74) is 1.01. The minimum Gasteiger partial charge on any atom is -0.497 e. The van der Waals surface area contributed by atoms with E-state index in [1.807, 2.05) is 18.2 Å². The zero-order valence-corrected chi connectivity index (χ0v) is 14.2. The second kappa shape index (κ2) is 6.23. The molecule has 3 heteroatoms. The predicted octanol–water partition coefficient (Wildman–Crippen LogP) is 3.78. The fourth-order valence-electron chi connectivity index (χ4n) is 4.57. The van der Waals surface area contributed by atoms with E-state index in [0.29, 0.717) is 11.8 Å². The Morgan fingerprint density at radius 3 is 2.92 bits per heavy atom. The van der Waals surface area contributed by atoms with Crippen LogP contribution in [-0.4, -0.2) is 36.2 Å². The minimum atomic E-state index is -0.464. The second-order valence-electron chi connectivity index (χ2n) is 7.13. The first kappa shape index (κ1) is 15.7. The van der Waals surface area contributed by atoms with E-state index in [4.69, 9.17) is 4.74 Å². The van der Waals surface area contributed by atoms with Gasteiger partial charge in [0.2, 0.25) is 0 Å². The first-order chi connectivity index (χ1) is 11.7. The maximum Gasteiger partial charge on any atom is 0.119 e. The summed E-state index contributed by atoms with van der Waals surface area (Å²) in [4.78, 5) is 2.45. The van der Waals surface area contributed by atoms with Gasteiger partial charge in [-0.3, -0.25) is 4.90 Å². The third-order valence-corrected chi connectivity index (χ3v) is 5.96. The number of fused-ring (bicyclic) bond motifs is 4. The number of aliphatic hydroxyl groups excluding tert-OH is 1. The lowest BCUT2D eigenvalue weighted by Gasteiger charge is -2.50. The molecule has 0 radical (unpaired) electrons. The van der Waals surface area contributed by atoms with Gasteiger partial charge >= 0.3 is 0 Å². The summed E-state index contributed by atoms with van der Waals surface area (Å²) >= 11 is 0. The Morgan fingerprint density at radius 2 is 2.21 bits per heavy atom. The van der Waals surface area contributed by atoms with Gasteiger partial charge in [0.25, 0.3) is 0 Å². The van der Waals surface area contributed by atoms with E-state index in [9.17, 15) is 5.11 Å². The number of methoxy groups -OCH3 is 1. The van der Waals surface area contributed by atoms with Gasteiger partial charge in [0.1, 0.15) is 5.75 Å². The second-order valence-corrected chi connectivity index (χ2v) is 7.13. The molecular formula is C21H25NO2. The van der Waals surface area contributed by atoms with Gasteiger partial charge in [0.15, 0.2) is 0 Å². The number of hydrogen-bond acceptors (Lipinski definition) is 3. The van der Waals surface area contributed by atoms with Crippen LogP contribution >= 0.6 is 0 Å². The molecule has 126 valence electrons. The zero-order chi connectivity index (χ0) is 16.7. The van der Waals surface area contributed by atoms with Crippen molar-refractivity contribution in [1.29, 1.82) is 0 Å². The van der Waals surface area contributed by atoms with E-state index >= 15 is 0 Å². The van der Waals surface area contributed by atoms with Gasteiger partial charge in [0.05, 0.1) is 13.2 Å². The monoisotopic (exact) mass is 323 g/mol. The molecule has 24 heavy (non-hydrogen) atoms. The predicted molar refractivity (Wildman–Crippen MR) is 97.2 cm³/mol. The molecule has 2 aromatic rings. The van der Waals surface area contributed by atoms with Crippen LogP contribution in [0.5, 0.6) is 5.75 Å². The van der Waals surface area contributed by atoms with Crippen LogP contribution in [0.3, 0.4) is 0 Å². The zero-order valence-electron chi connectivity index (χ0n) is 14.2. The van der Waals surface area contributed by atoms with Gasteiger partial charge in [-0.15, -0.1) is 6.58 Å². The van der Waals surface area contributed by atoms with Crippen molar-refractivity contribution in [2.45, 2.75) is 25.0 Å². The number of piperidine rings is 3. The Labute approximate surface area is 143 Å². The lowest BCUT2D eigenvalue weighted by atomic mass is 9.73. The molecule has 5 atom stereocenters. The fraction of sp³-hybridized carbons (Fsp3) is 0.429. The summed E-state index contributed by atoms with van der Waals surface area (Å²) in [7, 11) is 1.68. The Morgan fingerprint density at radius 1 is 1.33 bits per heavy atom. The van der Waals surface area contributed by atoms with Gasteiger partial charge in [-0.05, 0) is 59.7 Å². The van der Waals surface area contributed by atoms with E-state index in [1.165, 1.54) is 6.42 Å². The van der Waals surface area contributed by atoms with Crippen LogP contribution in [0.1, 0.15) is 24.5 Å². The number of benzene rings is 2. The number of nitrogens with zero attached hydrogens (tertiary/aromatic N) is 1. The molecule has 3 fully saturated rings. The van der Waals surface area contributed by atoms with Crippen molar-refractivity contribution < 1.29 is 9.84 Å². The maximum atomic E-state index is 11.2. The SMILES string of the molecule is C=C[C@H]1CN2CC[C@H]1C[C@@H]2[C@H](O)c1cccc2ccc(OC)cc12. The highest BCUT2D eigenvalue weighted by Gasteiger charge is 2.42. The third-order valence-electron chi connectivity index (χ3n) is 5.96. The van der Waals surface area contributed by atoms with E-state index in [0.717, 1.165) is 41.6 Å². The summed E-state index contributed by atoms with van der Waals surface area (Å²) < 4.78 is 5.38. The molecule has 0 aliphatic carbocycles. The van der Waals surface area contributed by atoms with Crippen LogP contribution < -0.4 is 4.74 Å². The number of hydrogen-bond donors (Lipinski definition) is 1. The molecular weight excluding hydrogens is 298 g/mol. The normalized spacial score (nSPS) is 30.2. The fourth-order valence-corrected chi connectivity index (χ4v) is 4.57. The largest absolute Gasteiger partial charge is 0.497 e. The molecule has 0 spiro atoms. The Bertz CT molecular complexity index is 757. The van der Waals surface area contributed by atoms with Crippen molar-refractivity contribution in [3.8, 4) is 5.75 Å². The topological polar surface area (TPSA) is 32.7 Å². The molecule has 3 nitrogen and oxygen atoms in total. The standard InChI is InChI=1S/C21H25NO2/c1-3-14-13-22-10-9-16(14)11-20(22)21(23)18-6-4-5-15-7-8-17(24-2)12-19(15)18/h3-8,12,14,16,20-21,23H,1,9-11,13H2,2H3/t14-,16-,20+,21+/m0/s1. The molecule has 1 N–H and O–H groups in total. The quantitative estimate of drug-likeness (QED) is 0.869. The summed E-state index contributed by atoms with van der Waals surface area (Å²) in [5.74, 6) is 2.07. The van der Waals surface area contributed by atoms with Crippen molar-refractivity contribution in [3.63, 3.8) is 0 Å². The summed E-state index contributed by atoms with van der Waals surface area (Å²) in [5, 5.41) is 13.4. The van der Waals surface area contributed by atoms with Crippen molar-refractivity contribution in [2.75, 3.05) is 20.2 Å². The first-order valence-electron chi connectivity index (χ1n) is 8.82. The molecule has 3 saturated heterocycles.